The molecule has 3 heterocycles. The number of rotatable bonds is 5. The van der Waals surface area contributed by atoms with Crippen molar-refractivity contribution in [2.75, 3.05) is 13.1 Å². The van der Waals surface area contributed by atoms with Crippen molar-refractivity contribution >= 4 is 23.4 Å². The zero-order valence-electron chi connectivity index (χ0n) is 16.7. The predicted octanol–water partition coefficient (Wildman–Crippen LogP) is 2.20. The SMILES string of the molecule is O=C(NCc1ccccc1Cl)C1CCN(C(=O)C2CC(c3ccncc3)NN2)CC1. The number of hydrazine groups is 1. The molecule has 158 valence electrons. The van der Waals surface area contributed by atoms with Crippen LogP contribution in [0.1, 0.15) is 36.4 Å². The van der Waals surface area contributed by atoms with Crippen LogP contribution in [0, 0.1) is 5.92 Å². The minimum absolute atomic E-state index is 0.0282. The Labute approximate surface area is 181 Å². The van der Waals surface area contributed by atoms with Gasteiger partial charge in [-0.05, 0) is 48.6 Å². The summed E-state index contributed by atoms with van der Waals surface area (Å²) < 4.78 is 0. The summed E-state index contributed by atoms with van der Waals surface area (Å²) in [6.45, 7) is 1.62. The van der Waals surface area contributed by atoms with E-state index >= 15 is 0 Å². The second kappa shape index (κ2) is 9.55. The molecule has 0 saturated carbocycles. The van der Waals surface area contributed by atoms with Gasteiger partial charge in [-0.2, -0.15) is 0 Å². The van der Waals surface area contributed by atoms with E-state index in [1.807, 2.05) is 41.3 Å². The quantitative estimate of drug-likeness (QED) is 0.681. The first-order chi connectivity index (χ1) is 14.6. The molecule has 2 unspecified atom stereocenters. The molecule has 8 heteroatoms. The molecule has 0 spiro atoms. The molecule has 2 saturated heterocycles. The lowest BCUT2D eigenvalue weighted by molar-refractivity contribution is -0.137. The lowest BCUT2D eigenvalue weighted by Gasteiger charge is -2.32. The molecule has 2 aliphatic heterocycles. The lowest BCUT2D eigenvalue weighted by Crippen LogP contribution is -2.49. The van der Waals surface area contributed by atoms with Gasteiger partial charge in [-0.1, -0.05) is 29.8 Å². The van der Waals surface area contributed by atoms with Gasteiger partial charge in [-0.15, -0.1) is 0 Å². The van der Waals surface area contributed by atoms with Crippen LogP contribution in [0.3, 0.4) is 0 Å². The second-order valence-electron chi connectivity index (χ2n) is 7.82. The number of halogens is 1. The zero-order valence-corrected chi connectivity index (χ0v) is 17.4. The highest BCUT2D eigenvalue weighted by atomic mass is 35.5. The number of nitrogens with zero attached hydrogens (tertiary/aromatic N) is 2. The van der Waals surface area contributed by atoms with E-state index in [2.05, 4.69) is 21.2 Å². The first-order valence-corrected chi connectivity index (χ1v) is 10.7. The van der Waals surface area contributed by atoms with Crippen LogP contribution in [0.15, 0.2) is 48.8 Å². The smallest absolute Gasteiger partial charge is 0.241 e. The van der Waals surface area contributed by atoms with Crippen LogP contribution < -0.4 is 16.2 Å². The molecule has 7 nitrogen and oxygen atoms in total. The van der Waals surface area contributed by atoms with Gasteiger partial charge in [0.1, 0.15) is 6.04 Å². The number of piperidine rings is 1. The van der Waals surface area contributed by atoms with Crippen molar-refractivity contribution in [3.63, 3.8) is 0 Å². The van der Waals surface area contributed by atoms with Crippen LogP contribution in [0.5, 0.6) is 0 Å². The maximum absolute atomic E-state index is 12.9. The molecule has 1 aromatic carbocycles. The van der Waals surface area contributed by atoms with Crippen molar-refractivity contribution in [2.24, 2.45) is 5.92 Å². The van der Waals surface area contributed by atoms with E-state index in [1.165, 1.54) is 0 Å². The van der Waals surface area contributed by atoms with E-state index < -0.39 is 0 Å². The fourth-order valence-corrected chi connectivity index (χ4v) is 4.29. The van der Waals surface area contributed by atoms with Crippen LogP contribution in [0.4, 0.5) is 0 Å². The first-order valence-electron chi connectivity index (χ1n) is 10.3. The fourth-order valence-electron chi connectivity index (χ4n) is 4.08. The molecule has 2 aliphatic rings. The van der Waals surface area contributed by atoms with Gasteiger partial charge < -0.3 is 10.2 Å². The van der Waals surface area contributed by atoms with Crippen molar-refractivity contribution in [1.29, 1.82) is 0 Å². The van der Waals surface area contributed by atoms with E-state index in [0.29, 0.717) is 43.9 Å². The number of nitrogens with one attached hydrogen (secondary N) is 3. The molecule has 0 radical (unpaired) electrons. The van der Waals surface area contributed by atoms with Gasteiger partial charge in [0, 0.05) is 49.0 Å². The summed E-state index contributed by atoms with van der Waals surface area (Å²) in [5.74, 6) is 0.0465. The summed E-state index contributed by atoms with van der Waals surface area (Å²) in [6, 6.07) is 11.3. The summed E-state index contributed by atoms with van der Waals surface area (Å²) in [6.07, 6.45) is 5.56. The topological polar surface area (TPSA) is 86.4 Å². The van der Waals surface area contributed by atoms with E-state index in [0.717, 1.165) is 11.1 Å². The van der Waals surface area contributed by atoms with Crippen LogP contribution >= 0.6 is 11.6 Å². The maximum Gasteiger partial charge on any atom is 0.241 e. The second-order valence-corrected chi connectivity index (χ2v) is 8.23. The Morgan fingerprint density at radius 1 is 1.10 bits per heavy atom. The molecular formula is C22H26ClN5O2. The Morgan fingerprint density at radius 2 is 1.83 bits per heavy atom. The molecule has 3 N–H and O–H groups in total. The van der Waals surface area contributed by atoms with Gasteiger partial charge in [0.25, 0.3) is 0 Å². The number of likely N-dealkylation sites (tertiary alicyclic amines) is 1. The summed E-state index contributed by atoms with van der Waals surface area (Å²) >= 11 is 6.15. The first kappa shape index (κ1) is 20.8. The molecule has 4 rings (SSSR count). The van der Waals surface area contributed by atoms with Crippen molar-refractivity contribution in [3.8, 4) is 0 Å². The Hall–Kier alpha value is -2.48. The fraction of sp³-hybridized carbons (Fsp3) is 0.409. The highest BCUT2D eigenvalue weighted by Crippen LogP contribution is 2.25. The van der Waals surface area contributed by atoms with E-state index in [-0.39, 0.29) is 29.8 Å². The average molecular weight is 428 g/mol. The molecule has 2 aromatic rings. The standard InChI is InChI=1S/C22H26ClN5O2/c23-18-4-2-1-3-17(18)14-25-21(29)16-7-11-28(12-8-16)22(30)20-13-19(26-27-20)15-5-9-24-10-6-15/h1-6,9-10,16,19-20,26-27H,7-8,11-14H2,(H,25,29). The number of carbonyl (C=O) groups is 2. The van der Waals surface area contributed by atoms with Crippen molar-refractivity contribution in [3.05, 3.63) is 64.9 Å². The molecule has 30 heavy (non-hydrogen) atoms. The third-order valence-electron chi connectivity index (χ3n) is 5.90. The predicted molar refractivity (Wildman–Crippen MR) is 114 cm³/mol. The summed E-state index contributed by atoms with van der Waals surface area (Å²) in [4.78, 5) is 31.3. The third kappa shape index (κ3) is 4.80. The highest BCUT2D eigenvalue weighted by Gasteiger charge is 2.35. The average Bonchev–Trinajstić information content (AvgIpc) is 3.29. The number of carbonyl (C=O) groups excluding carboxylic acids is 2. The summed E-state index contributed by atoms with van der Waals surface area (Å²) in [5.41, 5.74) is 8.35. The molecular weight excluding hydrogens is 402 g/mol. The Balaban J connectivity index is 1.24. The molecule has 2 atom stereocenters. The summed E-state index contributed by atoms with van der Waals surface area (Å²) in [5, 5.41) is 3.63. The van der Waals surface area contributed by atoms with E-state index in [4.69, 9.17) is 11.6 Å². The minimum atomic E-state index is -0.256. The lowest BCUT2D eigenvalue weighted by atomic mass is 9.94. The highest BCUT2D eigenvalue weighted by molar-refractivity contribution is 6.31. The number of hydrogen-bond acceptors (Lipinski definition) is 5. The van der Waals surface area contributed by atoms with Crippen molar-refractivity contribution in [1.82, 2.24) is 26.1 Å². The zero-order chi connectivity index (χ0) is 20.9. The van der Waals surface area contributed by atoms with Gasteiger partial charge >= 0.3 is 0 Å². The Morgan fingerprint density at radius 3 is 2.57 bits per heavy atom. The molecule has 0 aliphatic carbocycles. The molecule has 2 fully saturated rings. The normalized spacial score (nSPS) is 22.1. The van der Waals surface area contributed by atoms with Gasteiger partial charge in [0.15, 0.2) is 0 Å². The minimum Gasteiger partial charge on any atom is -0.352 e. The monoisotopic (exact) mass is 427 g/mol. The Kier molecular flexibility index (Phi) is 6.62. The number of hydrogen-bond donors (Lipinski definition) is 3. The molecule has 1 aromatic heterocycles. The van der Waals surface area contributed by atoms with E-state index in [9.17, 15) is 9.59 Å². The third-order valence-corrected chi connectivity index (χ3v) is 6.27. The molecule has 0 bridgehead atoms. The van der Waals surface area contributed by atoms with Crippen LogP contribution in [0.2, 0.25) is 5.02 Å². The number of amides is 2. The Bertz CT molecular complexity index is 886. The van der Waals surface area contributed by atoms with Gasteiger partial charge in [-0.3, -0.25) is 14.6 Å². The maximum atomic E-state index is 12.9. The van der Waals surface area contributed by atoms with Gasteiger partial charge in [0.2, 0.25) is 11.8 Å². The summed E-state index contributed by atoms with van der Waals surface area (Å²) in [7, 11) is 0. The van der Waals surface area contributed by atoms with Crippen LogP contribution in [-0.2, 0) is 16.1 Å². The number of aromatic nitrogens is 1. The number of benzene rings is 1. The van der Waals surface area contributed by atoms with Crippen LogP contribution in [0.25, 0.3) is 0 Å². The number of pyridine rings is 1. The van der Waals surface area contributed by atoms with Crippen molar-refractivity contribution in [2.45, 2.75) is 37.9 Å². The van der Waals surface area contributed by atoms with E-state index in [1.54, 1.807) is 12.4 Å². The van der Waals surface area contributed by atoms with Gasteiger partial charge in [-0.25, -0.2) is 10.9 Å². The van der Waals surface area contributed by atoms with Gasteiger partial charge in [0.05, 0.1) is 0 Å². The largest absolute Gasteiger partial charge is 0.352 e. The van der Waals surface area contributed by atoms with Crippen molar-refractivity contribution < 1.29 is 9.59 Å². The van der Waals surface area contributed by atoms with Crippen LogP contribution in [-0.4, -0.2) is 40.8 Å². The molecule has 2 amide bonds.